The fraction of sp³-hybridized carbons (Fsp3) is 0.300. The number of fused-ring (bicyclic) bond motifs is 2. The highest BCUT2D eigenvalue weighted by Crippen LogP contribution is 2.45. The Morgan fingerprint density at radius 1 is 1.30 bits per heavy atom. The number of nitrogens with one attached hydrogen (secondary N) is 2. The molecule has 0 saturated carbocycles. The van der Waals surface area contributed by atoms with Crippen molar-refractivity contribution in [3.8, 4) is 5.75 Å². The number of benzene rings is 2. The summed E-state index contributed by atoms with van der Waals surface area (Å²) in [5, 5.41) is 8.30. The average molecular weight is 387 g/mol. The van der Waals surface area contributed by atoms with Crippen molar-refractivity contribution in [2.24, 2.45) is 5.92 Å². The molecule has 0 radical (unpaired) electrons. The van der Waals surface area contributed by atoms with Crippen LogP contribution in [0.15, 0.2) is 42.5 Å². The van der Waals surface area contributed by atoms with E-state index in [0.29, 0.717) is 28.6 Å². The number of amides is 2. The van der Waals surface area contributed by atoms with Crippen LogP contribution in [0, 0.1) is 5.92 Å². The van der Waals surface area contributed by atoms with Crippen LogP contribution in [0.2, 0.25) is 5.02 Å². The average Bonchev–Trinajstić information content (AvgIpc) is 3.15. The molecule has 140 valence electrons. The van der Waals surface area contributed by atoms with Crippen molar-refractivity contribution in [2.75, 3.05) is 17.7 Å². The Morgan fingerprint density at radius 2 is 2.04 bits per heavy atom. The van der Waals surface area contributed by atoms with Crippen molar-refractivity contribution in [1.82, 2.24) is 0 Å². The van der Waals surface area contributed by atoms with Gasteiger partial charge in [0.1, 0.15) is 11.7 Å². The van der Waals surface area contributed by atoms with Gasteiger partial charge in [0.05, 0.1) is 23.9 Å². The maximum Gasteiger partial charge on any atom is 0.291 e. The van der Waals surface area contributed by atoms with E-state index in [0.717, 1.165) is 5.56 Å². The summed E-state index contributed by atoms with van der Waals surface area (Å²) in [5.41, 5.74) is 1.06. The quantitative estimate of drug-likeness (QED) is 0.755. The summed E-state index contributed by atoms with van der Waals surface area (Å²) in [5.74, 6) is -0.158. The molecule has 27 heavy (non-hydrogen) atoms. The van der Waals surface area contributed by atoms with Gasteiger partial charge in [-0.25, -0.2) is 0 Å². The van der Waals surface area contributed by atoms with Crippen molar-refractivity contribution >= 4 is 34.8 Å². The number of hydrogen-bond donors (Lipinski definition) is 3. The molecule has 0 unspecified atom stereocenters. The highest BCUT2D eigenvalue weighted by molar-refractivity contribution is 6.34. The molecular formula is C20H21ClN3O3+. The zero-order chi connectivity index (χ0) is 19.2. The normalized spacial score (nSPS) is 26.0. The van der Waals surface area contributed by atoms with Crippen molar-refractivity contribution < 1.29 is 19.6 Å². The summed E-state index contributed by atoms with van der Waals surface area (Å²) in [6, 6.07) is 12.7. The maximum absolute atomic E-state index is 13.1. The van der Waals surface area contributed by atoms with Gasteiger partial charge in [0, 0.05) is 17.7 Å². The lowest BCUT2D eigenvalue weighted by molar-refractivity contribution is -0.729. The fourth-order valence-corrected chi connectivity index (χ4v) is 4.48. The summed E-state index contributed by atoms with van der Waals surface area (Å²) in [7, 11) is 1.59. The second-order valence-corrected chi connectivity index (χ2v) is 7.54. The summed E-state index contributed by atoms with van der Waals surface area (Å²) in [6.07, 6.45) is 0.599. The van der Waals surface area contributed by atoms with E-state index in [1.165, 1.54) is 0 Å². The van der Waals surface area contributed by atoms with E-state index >= 15 is 0 Å². The molecular weight excluding hydrogens is 366 g/mol. The number of nitrogens with two attached hydrogens (primary N) is 1. The van der Waals surface area contributed by atoms with Crippen LogP contribution in [0.3, 0.4) is 0 Å². The molecule has 2 amide bonds. The third-order valence-electron chi connectivity index (χ3n) is 5.45. The summed E-state index contributed by atoms with van der Waals surface area (Å²) < 4.78 is 5.15. The second-order valence-electron chi connectivity index (χ2n) is 7.14. The first-order chi connectivity index (χ1) is 13.0. The minimum Gasteiger partial charge on any atom is -0.497 e. The van der Waals surface area contributed by atoms with Gasteiger partial charge in [0.2, 0.25) is 11.4 Å². The number of halogens is 1. The SMILES string of the molecule is COc1ccc(NC(=O)[C@H]2C[C@H](C)[NH2+][C@]23C(=O)Nc2c(Cl)cccc23)cc1. The van der Waals surface area contributed by atoms with Crippen LogP contribution < -0.4 is 20.7 Å². The summed E-state index contributed by atoms with van der Waals surface area (Å²) >= 11 is 6.28. The number of methoxy groups -OCH3 is 1. The minimum atomic E-state index is -0.990. The summed E-state index contributed by atoms with van der Waals surface area (Å²) in [4.78, 5) is 26.1. The number of ether oxygens (including phenoxy) is 1. The smallest absolute Gasteiger partial charge is 0.291 e. The molecule has 2 aliphatic rings. The number of para-hydroxylation sites is 1. The Bertz CT molecular complexity index is 915. The molecule has 2 heterocycles. The van der Waals surface area contributed by atoms with Gasteiger partial charge >= 0.3 is 0 Å². The molecule has 2 aliphatic heterocycles. The van der Waals surface area contributed by atoms with Crippen LogP contribution in [-0.2, 0) is 15.1 Å². The molecule has 1 fully saturated rings. The molecule has 1 saturated heterocycles. The van der Waals surface area contributed by atoms with E-state index < -0.39 is 11.5 Å². The van der Waals surface area contributed by atoms with Crippen LogP contribution in [0.5, 0.6) is 5.75 Å². The van der Waals surface area contributed by atoms with Gasteiger partial charge in [0.15, 0.2) is 0 Å². The van der Waals surface area contributed by atoms with Crippen molar-refractivity contribution in [2.45, 2.75) is 24.9 Å². The molecule has 6 nitrogen and oxygen atoms in total. The van der Waals surface area contributed by atoms with Gasteiger partial charge in [-0.15, -0.1) is 0 Å². The molecule has 7 heteroatoms. The molecule has 4 N–H and O–H groups in total. The lowest BCUT2D eigenvalue weighted by atomic mass is 9.79. The Hall–Kier alpha value is -2.57. The standard InChI is InChI=1S/C20H20ClN3O3/c1-11-10-15(18(25)22-12-6-8-13(27-2)9-7-12)20(24-11)14-4-3-5-16(21)17(14)23-19(20)26/h3-9,11,15,24H,10H2,1-2H3,(H,22,25)(H,23,26)/p+1/t11-,15+,20-/m0/s1. The van der Waals surface area contributed by atoms with Crippen molar-refractivity contribution in [3.05, 3.63) is 53.1 Å². The van der Waals surface area contributed by atoms with Crippen LogP contribution in [0.25, 0.3) is 0 Å². The van der Waals surface area contributed by atoms with E-state index in [9.17, 15) is 9.59 Å². The van der Waals surface area contributed by atoms with Gasteiger partial charge < -0.3 is 20.7 Å². The Kier molecular flexibility index (Phi) is 4.32. The first-order valence-corrected chi connectivity index (χ1v) is 9.25. The molecule has 0 aliphatic carbocycles. The van der Waals surface area contributed by atoms with Gasteiger partial charge in [-0.2, -0.15) is 0 Å². The first-order valence-electron chi connectivity index (χ1n) is 8.87. The van der Waals surface area contributed by atoms with E-state index in [1.54, 1.807) is 37.4 Å². The molecule has 2 aromatic carbocycles. The highest BCUT2D eigenvalue weighted by Gasteiger charge is 2.63. The van der Waals surface area contributed by atoms with Crippen molar-refractivity contribution in [3.63, 3.8) is 0 Å². The van der Waals surface area contributed by atoms with Crippen molar-refractivity contribution in [1.29, 1.82) is 0 Å². The predicted octanol–water partition coefficient (Wildman–Crippen LogP) is 2.11. The molecule has 0 aromatic heterocycles. The minimum absolute atomic E-state index is 0.132. The fourth-order valence-electron chi connectivity index (χ4n) is 4.25. The first kappa shape index (κ1) is 17.8. The third kappa shape index (κ3) is 2.76. The molecule has 0 bridgehead atoms. The molecule has 2 aromatic rings. The molecule has 1 spiro atoms. The Morgan fingerprint density at radius 3 is 2.74 bits per heavy atom. The van der Waals surface area contributed by atoms with Gasteiger partial charge in [0.25, 0.3) is 5.91 Å². The highest BCUT2D eigenvalue weighted by atomic mass is 35.5. The second kappa shape index (κ2) is 6.55. The van der Waals surface area contributed by atoms with E-state index in [2.05, 4.69) is 10.6 Å². The third-order valence-corrected chi connectivity index (χ3v) is 5.77. The number of anilines is 2. The maximum atomic E-state index is 13.1. The zero-order valence-electron chi connectivity index (χ0n) is 15.1. The largest absolute Gasteiger partial charge is 0.497 e. The lowest BCUT2D eigenvalue weighted by Crippen LogP contribution is -2.97. The molecule has 4 rings (SSSR count). The number of quaternary nitrogens is 1. The Labute approximate surface area is 162 Å². The van der Waals surface area contributed by atoms with Gasteiger partial charge in [-0.05, 0) is 43.3 Å². The summed E-state index contributed by atoms with van der Waals surface area (Å²) in [6.45, 7) is 2.03. The number of carbonyl (C=O) groups excluding carboxylic acids is 2. The monoisotopic (exact) mass is 386 g/mol. The van der Waals surface area contributed by atoms with E-state index in [1.807, 2.05) is 24.4 Å². The van der Waals surface area contributed by atoms with Crippen LogP contribution in [0.4, 0.5) is 11.4 Å². The molecule has 3 atom stereocenters. The van der Waals surface area contributed by atoms with Gasteiger partial charge in [-0.3, -0.25) is 9.59 Å². The number of rotatable bonds is 3. The number of hydrogen-bond acceptors (Lipinski definition) is 3. The topological polar surface area (TPSA) is 84.0 Å². The van der Waals surface area contributed by atoms with Crippen LogP contribution in [0.1, 0.15) is 18.9 Å². The Balaban J connectivity index is 1.68. The number of carbonyl (C=O) groups is 2. The van der Waals surface area contributed by atoms with Crippen LogP contribution >= 0.6 is 11.6 Å². The van der Waals surface area contributed by atoms with E-state index in [-0.39, 0.29) is 17.9 Å². The lowest BCUT2D eigenvalue weighted by Gasteiger charge is -2.25. The zero-order valence-corrected chi connectivity index (χ0v) is 15.8. The van der Waals surface area contributed by atoms with Gasteiger partial charge in [-0.1, -0.05) is 17.7 Å². The predicted molar refractivity (Wildman–Crippen MR) is 103 cm³/mol. The van der Waals surface area contributed by atoms with Crippen LogP contribution in [-0.4, -0.2) is 25.0 Å². The van der Waals surface area contributed by atoms with E-state index in [4.69, 9.17) is 16.3 Å².